The summed E-state index contributed by atoms with van der Waals surface area (Å²) >= 11 is 0. The van der Waals surface area contributed by atoms with Crippen LogP contribution in [0.5, 0.6) is 5.75 Å². The summed E-state index contributed by atoms with van der Waals surface area (Å²) in [5.74, 6) is -1.01. The standard InChI is InChI=1S/C12H15N3O6/c1-12(2,10(16)17)14-11(18)13-8-6-7(15(19)20)4-5-9(8)21-3/h4-6H,1-3H3,(H,16,17)(H2,13,14,18). The molecule has 9 nitrogen and oxygen atoms in total. The van der Waals surface area contributed by atoms with Crippen LogP contribution in [-0.4, -0.2) is 34.7 Å². The van der Waals surface area contributed by atoms with Crippen LogP contribution in [0.1, 0.15) is 13.8 Å². The smallest absolute Gasteiger partial charge is 0.328 e. The summed E-state index contributed by atoms with van der Waals surface area (Å²) in [6, 6.07) is 2.85. The van der Waals surface area contributed by atoms with Crippen LogP contribution in [0.2, 0.25) is 0 Å². The van der Waals surface area contributed by atoms with E-state index in [1.165, 1.54) is 33.1 Å². The van der Waals surface area contributed by atoms with E-state index in [2.05, 4.69) is 10.6 Å². The first-order valence-electron chi connectivity index (χ1n) is 5.82. The van der Waals surface area contributed by atoms with Gasteiger partial charge in [-0.1, -0.05) is 0 Å². The molecule has 0 fully saturated rings. The summed E-state index contributed by atoms with van der Waals surface area (Å²) in [6.45, 7) is 2.61. The molecule has 2 amide bonds. The Morgan fingerprint density at radius 1 is 1.38 bits per heavy atom. The third kappa shape index (κ3) is 4.06. The predicted octanol–water partition coefficient (Wildman–Crippen LogP) is 1.59. The average Bonchev–Trinajstić information content (AvgIpc) is 2.37. The summed E-state index contributed by atoms with van der Waals surface area (Å²) in [4.78, 5) is 32.8. The van der Waals surface area contributed by atoms with Crippen LogP contribution in [0.3, 0.4) is 0 Å². The predicted molar refractivity (Wildman–Crippen MR) is 73.5 cm³/mol. The number of carbonyl (C=O) groups is 2. The maximum Gasteiger partial charge on any atom is 0.328 e. The van der Waals surface area contributed by atoms with Gasteiger partial charge in [-0.2, -0.15) is 0 Å². The van der Waals surface area contributed by atoms with Gasteiger partial charge < -0.3 is 20.5 Å². The Morgan fingerprint density at radius 3 is 2.48 bits per heavy atom. The maximum atomic E-state index is 11.8. The van der Waals surface area contributed by atoms with Crippen molar-refractivity contribution in [2.75, 3.05) is 12.4 Å². The van der Waals surface area contributed by atoms with Crippen molar-refractivity contribution < 1.29 is 24.4 Å². The first-order valence-corrected chi connectivity index (χ1v) is 5.82. The molecule has 0 aliphatic rings. The molecule has 1 rings (SSSR count). The molecule has 1 aromatic rings. The molecule has 0 spiro atoms. The molecular formula is C12H15N3O6. The summed E-state index contributed by atoms with van der Waals surface area (Å²) in [5, 5.41) is 24.2. The molecule has 0 heterocycles. The van der Waals surface area contributed by atoms with Gasteiger partial charge in [-0.15, -0.1) is 0 Å². The molecule has 0 aliphatic heterocycles. The summed E-state index contributed by atoms with van der Waals surface area (Å²) < 4.78 is 4.98. The second-order valence-corrected chi connectivity index (χ2v) is 4.65. The highest BCUT2D eigenvalue weighted by Gasteiger charge is 2.29. The van der Waals surface area contributed by atoms with Crippen LogP contribution < -0.4 is 15.4 Å². The zero-order chi connectivity index (χ0) is 16.2. The number of rotatable bonds is 5. The molecule has 0 aliphatic carbocycles. The molecule has 0 atom stereocenters. The number of hydrogen-bond acceptors (Lipinski definition) is 5. The molecule has 3 N–H and O–H groups in total. The van der Waals surface area contributed by atoms with Gasteiger partial charge in [0.1, 0.15) is 11.3 Å². The largest absolute Gasteiger partial charge is 0.495 e. The van der Waals surface area contributed by atoms with E-state index in [1.54, 1.807) is 0 Å². The monoisotopic (exact) mass is 297 g/mol. The number of amides is 2. The molecule has 9 heteroatoms. The van der Waals surface area contributed by atoms with Gasteiger partial charge in [-0.05, 0) is 19.9 Å². The van der Waals surface area contributed by atoms with E-state index in [1.807, 2.05) is 0 Å². The van der Waals surface area contributed by atoms with Crippen LogP contribution in [0.4, 0.5) is 16.2 Å². The highest BCUT2D eigenvalue weighted by atomic mass is 16.6. The number of carbonyl (C=O) groups excluding carboxylic acids is 1. The van der Waals surface area contributed by atoms with Crippen molar-refractivity contribution in [2.24, 2.45) is 0 Å². The van der Waals surface area contributed by atoms with Gasteiger partial charge in [0.15, 0.2) is 0 Å². The number of carboxylic acid groups (broad SMARTS) is 1. The van der Waals surface area contributed by atoms with E-state index in [0.29, 0.717) is 0 Å². The number of hydrogen-bond donors (Lipinski definition) is 3. The van der Waals surface area contributed by atoms with Gasteiger partial charge in [0, 0.05) is 12.1 Å². The molecule has 1 aromatic carbocycles. The lowest BCUT2D eigenvalue weighted by molar-refractivity contribution is -0.384. The summed E-state index contributed by atoms with van der Waals surface area (Å²) in [5.41, 5.74) is -1.66. The van der Waals surface area contributed by atoms with Crippen molar-refractivity contribution in [1.82, 2.24) is 5.32 Å². The lowest BCUT2D eigenvalue weighted by Crippen LogP contribution is -2.51. The molecule has 21 heavy (non-hydrogen) atoms. The number of nitro benzene ring substituents is 1. The number of nitrogens with one attached hydrogen (secondary N) is 2. The molecule has 114 valence electrons. The minimum atomic E-state index is -1.49. The van der Waals surface area contributed by atoms with Crippen LogP contribution in [-0.2, 0) is 4.79 Å². The normalized spacial score (nSPS) is 10.6. The van der Waals surface area contributed by atoms with Crippen molar-refractivity contribution in [3.63, 3.8) is 0 Å². The van der Waals surface area contributed by atoms with Crippen LogP contribution in [0.25, 0.3) is 0 Å². The number of ether oxygens (including phenoxy) is 1. The van der Waals surface area contributed by atoms with E-state index < -0.39 is 22.5 Å². The topological polar surface area (TPSA) is 131 Å². The number of benzene rings is 1. The first-order chi connectivity index (χ1) is 9.67. The fourth-order valence-corrected chi connectivity index (χ4v) is 1.40. The van der Waals surface area contributed by atoms with Crippen LogP contribution in [0, 0.1) is 10.1 Å². The third-order valence-electron chi connectivity index (χ3n) is 2.60. The van der Waals surface area contributed by atoms with Gasteiger partial charge in [-0.3, -0.25) is 10.1 Å². The van der Waals surface area contributed by atoms with Gasteiger partial charge in [0.2, 0.25) is 0 Å². The second kappa shape index (κ2) is 6.07. The molecule has 0 radical (unpaired) electrons. The Balaban J connectivity index is 2.96. The minimum absolute atomic E-state index is 0.0605. The maximum absolute atomic E-state index is 11.8. The van der Waals surface area contributed by atoms with Gasteiger partial charge in [0.05, 0.1) is 17.7 Å². The van der Waals surface area contributed by atoms with Crippen LogP contribution >= 0.6 is 0 Å². The number of aliphatic carboxylic acids is 1. The van der Waals surface area contributed by atoms with Crippen molar-refractivity contribution >= 4 is 23.4 Å². The third-order valence-corrected chi connectivity index (χ3v) is 2.60. The summed E-state index contributed by atoms with van der Waals surface area (Å²) in [6.07, 6.45) is 0. The molecule has 0 bridgehead atoms. The SMILES string of the molecule is COc1ccc([N+](=O)[O-])cc1NC(=O)NC(C)(C)C(=O)O. The fourth-order valence-electron chi connectivity index (χ4n) is 1.40. The number of non-ortho nitro benzene ring substituents is 1. The lowest BCUT2D eigenvalue weighted by atomic mass is 10.1. The van der Waals surface area contributed by atoms with Crippen molar-refractivity contribution in [3.8, 4) is 5.75 Å². The minimum Gasteiger partial charge on any atom is -0.495 e. The number of nitro groups is 1. The van der Waals surface area contributed by atoms with E-state index in [-0.39, 0.29) is 17.1 Å². The van der Waals surface area contributed by atoms with Crippen molar-refractivity contribution in [2.45, 2.75) is 19.4 Å². The van der Waals surface area contributed by atoms with E-state index in [4.69, 9.17) is 9.84 Å². The number of urea groups is 1. The van der Waals surface area contributed by atoms with E-state index >= 15 is 0 Å². The van der Waals surface area contributed by atoms with Crippen molar-refractivity contribution in [1.29, 1.82) is 0 Å². The Hall–Kier alpha value is -2.84. The highest BCUT2D eigenvalue weighted by Crippen LogP contribution is 2.28. The second-order valence-electron chi connectivity index (χ2n) is 4.65. The van der Waals surface area contributed by atoms with Crippen molar-refractivity contribution in [3.05, 3.63) is 28.3 Å². The first kappa shape index (κ1) is 16.2. The Kier molecular flexibility index (Phi) is 4.69. The quantitative estimate of drug-likeness (QED) is 0.558. The van der Waals surface area contributed by atoms with E-state index in [9.17, 15) is 19.7 Å². The van der Waals surface area contributed by atoms with Crippen LogP contribution in [0.15, 0.2) is 18.2 Å². The average molecular weight is 297 g/mol. The van der Waals surface area contributed by atoms with Gasteiger partial charge in [0.25, 0.3) is 5.69 Å². The number of nitrogens with zero attached hydrogens (tertiary/aromatic N) is 1. The Bertz CT molecular complexity index is 584. The molecule has 0 aromatic heterocycles. The molecule has 0 saturated heterocycles. The fraction of sp³-hybridized carbons (Fsp3) is 0.333. The Morgan fingerprint density at radius 2 is 2.00 bits per heavy atom. The lowest BCUT2D eigenvalue weighted by Gasteiger charge is -2.21. The molecular weight excluding hydrogens is 282 g/mol. The van der Waals surface area contributed by atoms with E-state index in [0.717, 1.165) is 6.07 Å². The summed E-state index contributed by atoms with van der Waals surface area (Å²) in [7, 11) is 1.34. The Labute approximate surface area is 120 Å². The molecule has 0 unspecified atom stereocenters. The van der Waals surface area contributed by atoms with Gasteiger partial charge >= 0.3 is 12.0 Å². The highest BCUT2D eigenvalue weighted by molar-refractivity contribution is 5.95. The zero-order valence-electron chi connectivity index (χ0n) is 11.7. The number of carboxylic acids is 1. The zero-order valence-corrected chi connectivity index (χ0v) is 11.7. The number of methoxy groups -OCH3 is 1. The number of anilines is 1. The molecule has 0 saturated carbocycles. The van der Waals surface area contributed by atoms with Gasteiger partial charge in [-0.25, -0.2) is 9.59 Å².